The Morgan fingerprint density at radius 3 is 2.88 bits per heavy atom. The van der Waals surface area contributed by atoms with Crippen LogP contribution < -0.4 is 5.56 Å². The van der Waals surface area contributed by atoms with E-state index in [4.69, 9.17) is 4.74 Å². The molecule has 2 aliphatic rings. The van der Waals surface area contributed by atoms with Gasteiger partial charge in [0.05, 0.1) is 27.5 Å². The molecule has 1 fully saturated rings. The van der Waals surface area contributed by atoms with Crippen LogP contribution >= 0.6 is 11.8 Å². The number of hydrogen-bond acceptors (Lipinski definition) is 4. The van der Waals surface area contributed by atoms with Crippen LogP contribution in [0.1, 0.15) is 56.0 Å². The van der Waals surface area contributed by atoms with Crippen LogP contribution in [-0.2, 0) is 4.74 Å². The molecule has 1 N–H and O–H groups in total. The van der Waals surface area contributed by atoms with Gasteiger partial charge in [-0.25, -0.2) is 9.38 Å². The van der Waals surface area contributed by atoms with Crippen molar-refractivity contribution in [1.29, 1.82) is 0 Å². The summed E-state index contributed by atoms with van der Waals surface area (Å²) in [6, 6.07) is 6.74. The first kappa shape index (κ1) is 17.5. The van der Waals surface area contributed by atoms with Gasteiger partial charge < -0.3 is 4.74 Å². The summed E-state index contributed by atoms with van der Waals surface area (Å²) in [5.41, 5.74) is 0.615. The first-order chi connectivity index (χ1) is 12.4. The lowest BCUT2D eigenvalue weighted by atomic mass is 9.94. The van der Waals surface area contributed by atoms with E-state index in [2.05, 4.69) is 23.9 Å². The van der Waals surface area contributed by atoms with Crippen molar-refractivity contribution in [2.45, 2.75) is 50.5 Å². The largest absolute Gasteiger partial charge is 0.375 e. The number of benzene rings is 1. The Labute approximate surface area is 155 Å². The van der Waals surface area contributed by atoms with E-state index in [1.807, 2.05) is 11.6 Å². The third-order valence-corrected chi connectivity index (χ3v) is 6.13. The van der Waals surface area contributed by atoms with Crippen LogP contribution in [0.5, 0.6) is 0 Å². The van der Waals surface area contributed by atoms with Crippen molar-refractivity contribution < 1.29 is 9.13 Å². The highest BCUT2D eigenvalue weighted by Crippen LogP contribution is 2.46. The summed E-state index contributed by atoms with van der Waals surface area (Å²) in [6.45, 7) is 6.65. The summed E-state index contributed by atoms with van der Waals surface area (Å²) in [4.78, 5) is 17.4. The summed E-state index contributed by atoms with van der Waals surface area (Å²) in [5, 5.41) is 3.40. The highest BCUT2D eigenvalue weighted by Gasteiger charge is 2.36. The van der Waals surface area contributed by atoms with E-state index >= 15 is 0 Å². The number of fused-ring (bicyclic) bond motifs is 1. The first-order valence-electron chi connectivity index (χ1n) is 8.80. The fraction of sp³-hybridized carbons (Fsp3) is 0.474. The maximum Gasteiger partial charge on any atom is 0.271 e. The van der Waals surface area contributed by atoms with Crippen LogP contribution in [0.3, 0.4) is 0 Å². The van der Waals surface area contributed by atoms with E-state index in [1.54, 1.807) is 18.2 Å². The second-order valence-corrected chi connectivity index (χ2v) is 8.75. The van der Waals surface area contributed by atoms with Gasteiger partial charge in [-0.05, 0) is 39.7 Å². The number of aliphatic imine (C=N–C) groups is 1. The monoisotopic (exact) mass is 375 g/mol. The second kappa shape index (κ2) is 6.39. The Balaban J connectivity index is 1.82. The summed E-state index contributed by atoms with van der Waals surface area (Å²) in [7, 11) is 0. The molecule has 1 aromatic carbocycles. The van der Waals surface area contributed by atoms with Gasteiger partial charge >= 0.3 is 0 Å². The van der Waals surface area contributed by atoms with Crippen molar-refractivity contribution in [3.8, 4) is 0 Å². The predicted octanol–water partition coefficient (Wildman–Crippen LogP) is 4.33. The van der Waals surface area contributed by atoms with Gasteiger partial charge in [-0.15, -0.1) is 0 Å². The Morgan fingerprint density at radius 1 is 1.38 bits per heavy atom. The van der Waals surface area contributed by atoms with Crippen molar-refractivity contribution >= 4 is 22.6 Å². The molecule has 1 aromatic heterocycles. The van der Waals surface area contributed by atoms with Gasteiger partial charge in [-0.1, -0.05) is 30.0 Å². The summed E-state index contributed by atoms with van der Waals surface area (Å²) < 4.78 is 22.1. The lowest BCUT2D eigenvalue weighted by molar-refractivity contribution is -0.0705. The lowest BCUT2D eigenvalue weighted by Gasteiger charge is -2.36. The van der Waals surface area contributed by atoms with Crippen LogP contribution in [0.15, 0.2) is 34.1 Å². The molecule has 0 saturated carbocycles. The third-order valence-electron chi connectivity index (χ3n) is 4.97. The zero-order valence-electron chi connectivity index (χ0n) is 15.1. The highest BCUT2D eigenvalue weighted by atomic mass is 32.2. The molecule has 26 heavy (non-hydrogen) atoms. The molecular weight excluding hydrogens is 353 g/mol. The van der Waals surface area contributed by atoms with Crippen LogP contribution in [-0.4, -0.2) is 27.0 Å². The van der Waals surface area contributed by atoms with Gasteiger partial charge in [0.25, 0.3) is 5.56 Å². The van der Waals surface area contributed by atoms with Gasteiger partial charge in [0.1, 0.15) is 5.82 Å². The van der Waals surface area contributed by atoms with E-state index in [0.717, 1.165) is 17.9 Å². The third kappa shape index (κ3) is 3.03. The van der Waals surface area contributed by atoms with Gasteiger partial charge in [0.15, 0.2) is 5.82 Å². The number of aromatic nitrogens is 2. The van der Waals surface area contributed by atoms with E-state index in [9.17, 15) is 9.18 Å². The fourth-order valence-corrected chi connectivity index (χ4v) is 4.93. The Bertz CT molecular complexity index is 931. The minimum atomic E-state index is -0.387. The second-order valence-electron chi connectivity index (χ2n) is 7.45. The number of nitrogens with one attached hydrogen (secondary N) is 1. The van der Waals surface area contributed by atoms with Gasteiger partial charge in [-0.3, -0.25) is 14.6 Å². The molecule has 1 saturated heterocycles. The number of nitrogens with zero attached hydrogens (tertiary/aromatic N) is 2. The average molecular weight is 375 g/mol. The molecule has 138 valence electrons. The molecule has 2 aromatic rings. The zero-order chi connectivity index (χ0) is 18.5. The number of halogens is 1. The zero-order valence-corrected chi connectivity index (χ0v) is 15.9. The van der Waals surface area contributed by atoms with Crippen molar-refractivity contribution in [2.75, 3.05) is 6.61 Å². The van der Waals surface area contributed by atoms with E-state index in [0.29, 0.717) is 23.6 Å². The maximum atomic E-state index is 14.4. The SMILES string of the molecule is CC1=Nc2c(c(=O)[nH]n2[C@H]2CCOC(C)(C)C2)[C@H](c2ccccc2F)S1. The van der Waals surface area contributed by atoms with Crippen LogP contribution in [0.4, 0.5) is 10.2 Å². The smallest absolute Gasteiger partial charge is 0.271 e. The van der Waals surface area contributed by atoms with Crippen molar-refractivity contribution in [3.05, 3.63) is 51.6 Å². The molecule has 2 atom stereocenters. The van der Waals surface area contributed by atoms with E-state index in [-0.39, 0.29) is 28.3 Å². The van der Waals surface area contributed by atoms with Gasteiger partial charge in [-0.2, -0.15) is 0 Å². The molecule has 7 heteroatoms. The molecule has 0 amide bonds. The minimum absolute atomic E-state index is 0.108. The van der Waals surface area contributed by atoms with Crippen LogP contribution in [0.25, 0.3) is 0 Å². The number of hydrogen-bond donors (Lipinski definition) is 1. The van der Waals surface area contributed by atoms with Crippen molar-refractivity contribution in [2.24, 2.45) is 4.99 Å². The van der Waals surface area contributed by atoms with E-state index < -0.39 is 0 Å². The topological polar surface area (TPSA) is 59.4 Å². The fourth-order valence-electron chi connectivity index (χ4n) is 3.80. The Hall–Kier alpha value is -1.86. The number of aromatic amines is 1. The van der Waals surface area contributed by atoms with Crippen LogP contribution in [0, 0.1) is 5.82 Å². The maximum absolute atomic E-state index is 14.4. The average Bonchev–Trinajstić information content (AvgIpc) is 2.90. The number of rotatable bonds is 2. The molecule has 3 heterocycles. The molecule has 0 spiro atoms. The standard InChI is InChI=1S/C19H22FN3O2S/c1-11-21-17-15(16(26-11)13-6-4-5-7-14(13)20)18(24)22-23(17)12-8-9-25-19(2,3)10-12/h4-7,12,16H,8-10H2,1-3H3,(H,22,24)/t12-,16-/m0/s1. The first-order valence-corrected chi connectivity index (χ1v) is 9.68. The molecule has 4 rings (SSSR count). The molecule has 5 nitrogen and oxygen atoms in total. The molecular formula is C19H22FN3O2S. The normalized spacial score (nSPS) is 24.8. The van der Waals surface area contributed by atoms with Crippen LogP contribution in [0.2, 0.25) is 0 Å². The summed E-state index contributed by atoms with van der Waals surface area (Å²) >= 11 is 1.42. The molecule has 0 aliphatic carbocycles. The lowest BCUT2D eigenvalue weighted by Crippen LogP contribution is -2.35. The number of ether oxygens (including phenoxy) is 1. The van der Waals surface area contributed by atoms with Gasteiger partial charge in [0.2, 0.25) is 0 Å². The Kier molecular flexibility index (Phi) is 4.31. The molecule has 0 bridgehead atoms. The highest BCUT2D eigenvalue weighted by molar-refractivity contribution is 8.14. The molecule has 0 unspecified atom stereocenters. The molecule has 0 radical (unpaired) electrons. The van der Waals surface area contributed by atoms with Crippen molar-refractivity contribution in [1.82, 2.24) is 9.78 Å². The quantitative estimate of drug-likeness (QED) is 0.850. The number of H-pyrrole nitrogens is 1. The van der Waals surface area contributed by atoms with E-state index in [1.165, 1.54) is 17.8 Å². The van der Waals surface area contributed by atoms with Crippen molar-refractivity contribution in [3.63, 3.8) is 0 Å². The summed E-state index contributed by atoms with van der Waals surface area (Å²) in [6.07, 6.45) is 1.60. The van der Waals surface area contributed by atoms with Gasteiger partial charge in [0, 0.05) is 12.2 Å². The number of thioether (sulfide) groups is 1. The predicted molar refractivity (Wildman–Crippen MR) is 102 cm³/mol. The minimum Gasteiger partial charge on any atom is -0.375 e. The Morgan fingerprint density at radius 2 is 2.15 bits per heavy atom. The molecule has 2 aliphatic heterocycles. The summed E-state index contributed by atoms with van der Waals surface area (Å²) in [5.74, 6) is 0.326.